The minimum Gasteiger partial charge on any atom is -0.317 e. The molecule has 0 aromatic heterocycles. The summed E-state index contributed by atoms with van der Waals surface area (Å²) in [6.45, 7) is 2.33. The molecule has 0 bridgehead atoms. The van der Waals surface area contributed by atoms with Crippen molar-refractivity contribution in [1.29, 1.82) is 0 Å². The fraction of sp³-hybridized carbons (Fsp3) is 0.647. The van der Waals surface area contributed by atoms with Crippen molar-refractivity contribution in [3.05, 3.63) is 29.8 Å². The van der Waals surface area contributed by atoms with E-state index in [2.05, 4.69) is 61.8 Å². The highest BCUT2D eigenvalue weighted by atomic mass is 32.2. The summed E-state index contributed by atoms with van der Waals surface area (Å²) in [4.78, 5) is 3.91. The Morgan fingerprint density at radius 3 is 2.25 bits per heavy atom. The van der Waals surface area contributed by atoms with Crippen LogP contribution in [-0.2, 0) is 0 Å². The molecule has 3 heteroatoms. The third kappa shape index (κ3) is 3.78. The Hall–Kier alpha value is -0.510. The number of benzene rings is 1. The van der Waals surface area contributed by atoms with Crippen molar-refractivity contribution < 1.29 is 0 Å². The van der Waals surface area contributed by atoms with Gasteiger partial charge in [-0.3, -0.25) is 4.90 Å². The zero-order valence-corrected chi connectivity index (χ0v) is 14.0. The van der Waals surface area contributed by atoms with Gasteiger partial charge < -0.3 is 5.32 Å². The second-order valence-corrected chi connectivity index (χ2v) is 6.79. The van der Waals surface area contributed by atoms with Crippen LogP contribution in [0.25, 0.3) is 0 Å². The molecule has 0 heterocycles. The van der Waals surface area contributed by atoms with Gasteiger partial charge in [-0.25, -0.2) is 0 Å². The van der Waals surface area contributed by atoms with E-state index in [4.69, 9.17) is 0 Å². The molecule has 1 fully saturated rings. The van der Waals surface area contributed by atoms with Gasteiger partial charge in [0, 0.05) is 23.0 Å². The summed E-state index contributed by atoms with van der Waals surface area (Å²) < 4.78 is 0. The molecule has 0 spiro atoms. The molecule has 0 radical (unpaired) electrons. The van der Waals surface area contributed by atoms with E-state index < -0.39 is 0 Å². The molecule has 1 aliphatic rings. The fourth-order valence-corrected chi connectivity index (χ4v) is 3.61. The van der Waals surface area contributed by atoms with Crippen LogP contribution in [0.15, 0.2) is 29.2 Å². The average Bonchev–Trinajstić information content (AvgIpc) is 2.53. The number of hydrogen-bond donors (Lipinski definition) is 1. The van der Waals surface area contributed by atoms with Gasteiger partial charge in [0.2, 0.25) is 0 Å². The van der Waals surface area contributed by atoms with Crippen molar-refractivity contribution in [3.8, 4) is 0 Å². The van der Waals surface area contributed by atoms with Crippen molar-refractivity contribution >= 4 is 11.8 Å². The standard InChI is InChI=1S/C17H28N2S/c1-13(14-5-11-17(20-4)12-6-14)19(3)16-9-7-15(18-2)8-10-16/h5-6,11-13,15-16,18H,7-10H2,1-4H3. The lowest BCUT2D eigenvalue weighted by Crippen LogP contribution is -2.40. The quantitative estimate of drug-likeness (QED) is 0.828. The molecule has 1 unspecified atom stereocenters. The van der Waals surface area contributed by atoms with Crippen LogP contribution >= 0.6 is 11.8 Å². The van der Waals surface area contributed by atoms with Gasteiger partial charge in [0.25, 0.3) is 0 Å². The first-order valence-electron chi connectivity index (χ1n) is 7.69. The first-order valence-corrected chi connectivity index (χ1v) is 8.91. The molecule has 1 saturated carbocycles. The summed E-state index contributed by atoms with van der Waals surface area (Å²) in [5, 5.41) is 3.42. The molecule has 20 heavy (non-hydrogen) atoms. The first-order chi connectivity index (χ1) is 9.65. The molecule has 1 atom stereocenters. The lowest BCUT2D eigenvalue weighted by molar-refractivity contribution is 0.136. The molecule has 112 valence electrons. The van der Waals surface area contributed by atoms with Gasteiger partial charge in [0.15, 0.2) is 0 Å². The van der Waals surface area contributed by atoms with E-state index in [-0.39, 0.29) is 0 Å². The van der Waals surface area contributed by atoms with Gasteiger partial charge in [0.05, 0.1) is 0 Å². The highest BCUT2D eigenvalue weighted by Gasteiger charge is 2.26. The fourth-order valence-electron chi connectivity index (χ4n) is 3.21. The second kappa shape index (κ2) is 7.48. The van der Waals surface area contributed by atoms with Crippen molar-refractivity contribution in [2.45, 2.75) is 55.6 Å². The third-order valence-electron chi connectivity index (χ3n) is 4.89. The molecule has 1 aromatic carbocycles. The van der Waals surface area contributed by atoms with Crippen molar-refractivity contribution in [3.63, 3.8) is 0 Å². The van der Waals surface area contributed by atoms with Crippen LogP contribution in [0.4, 0.5) is 0 Å². The normalized spacial score (nSPS) is 24.9. The molecule has 1 aliphatic carbocycles. The zero-order valence-electron chi connectivity index (χ0n) is 13.2. The van der Waals surface area contributed by atoms with Gasteiger partial charge in [-0.1, -0.05) is 12.1 Å². The van der Waals surface area contributed by atoms with E-state index in [0.29, 0.717) is 6.04 Å². The Morgan fingerprint density at radius 2 is 1.75 bits per heavy atom. The van der Waals surface area contributed by atoms with Gasteiger partial charge in [-0.15, -0.1) is 11.8 Å². The van der Waals surface area contributed by atoms with Crippen LogP contribution < -0.4 is 5.32 Å². The van der Waals surface area contributed by atoms with Crippen LogP contribution in [0.5, 0.6) is 0 Å². The van der Waals surface area contributed by atoms with Crippen LogP contribution in [0, 0.1) is 0 Å². The average molecular weight is 292 g/mol. The Labute approximate surface area is 128 Å². The van der Waals surface area contributed by atoms with E-state index >= 15 is 0 Å². The summed E-state index contributed by atoms with van der Waals surface area (Å²) in [5.74, 6) is 0. The van der Waals surface area contributed by atoms with Crippen molar-refractivity contribution in [2.24, 2.45) is 0 Å². The van der Waals surface area contributed by atoms with Crippen LogP contribution in [-0.4, -0.2) is 37.3 Å². The highest BCUT2D eigenvalue weighted by molar-refractivity contribution is 7.98. The van der Waals surface area contributed by atoms with Gasteiger partial charge in [-0.05, 0) is 70.7 Å². The maximum Gasteiger partial charge on any atom is 0.0319 e. The monoisotopic (exact) mass is 292 g/mol. The lowest BCUT2D eigenvalue weighted by Gasteiger charge is -2.38. The topological polar surface area (TPSA) is 15.3 Å². The molecule has 2 nitrogen and oxygen atoms in total. The SMILES string of the molecule is CNC1CCC(N(C)C(C)c2ccc(SC)cc2)CC1. The number of thioether (sulfide) groups is 1. The Bertz CT molecular complexity index is 396. The van der Waals surface area contributed by atoms with Crippen molar-refractivity contribution in [2.75, 3.05) is 20.4 Å². The van der Waals surface area contributed by atoms with Crippen LogP contribution in [0.3, 0.4) is 0 Å². The molecule has 0 amide bonds. The van der Waals surface area contributed by atoms with E-state index in [1.165, 1.54) is 36.1 Å². The van der Waals surface area contributed by atoms with E-state index in [0.717, 1.165) is 12.1 Å². The zero-order chi connectivity index (χ0) is 14.5. The molecule has 0 saturated heterocycles. The van der Waals surface area contributed by atoms with Gasteiger partial charge in [0.1, 0.15) is 0 Å². The highest BCUT2D eigenvalue weighted by Crippen LogP contribution is 2.29. The summed E-state index contributed by atoms with van der Waals surface area (Å²) in [7, 11) is 4.38. The minimum atomic E-state index is 0.502. The van der Waals surface area contributed by atoms with E-state index in [1.807, 2.05) is 11.8 Å². The smallest absolute Gasteiger partial charge is 0.0319 e. The molecule has 0 aliphatic heterocycles. The number of nitrogens with zero attached hydrogens (tertiary/aromatic N) is 1. The summed E-state index contributed by atoms with van der Waals surface area (Å²) in [6.07, 6.45) is 7.38. The molecule has 2 rings (SSSR count). The maximum absolute atomic E-state index is 3.42. The van der Waals surface area contributed by atoms with Crippen LogP contribution in [0.2, 0.25) is 0 Å². The second-order valence-electron chi connectivity index (χ2n) is 5.91. The molecular weight excluding hydrogens is 264 g/mol. The number of nitrogens with one attached hydrogen (secondary N) is 1. The number of rotatable bonds is 5. The van der Waals surface area contributed by atoms with E-state index in [1.54, 1.807) is 0 Å². The summed E-state index contributed by atoms with van der Waals surface area (Å²) in [5.41, 5.74) is 1.43. The Balaban J connectivity index is 1.95. The van der Waals surface area contributed by atoms with Crippen LogP contribution in [0.1, 0.15) is 44.2 Å². The van der Waals surface area contributed by atoms with Crippen molar-refractivity contribution in [1.82, 2.24) is 10.2 Å². The minimum absolute atomic E-state index is 0.502. The lowest BCUT2D eigenvalue weighted by atomic mass is 9.89. The number of hydrogen-bond acceptors (Lipinski definition) is 3. The summed E-state index contributed by atoms with van der Waals surface area (Å²) >= 11 is 1.81. The molecule has 1 aromatic rings. The van der Waals surface area contributed by atoms with Gasteiger partial charge in [-0.2, -0.15) is 0 Å². The largest absolute Gasteiger partial charge is 0.317 e. The third-order valence-corrected chi connectivity index (χ3v) is 5.63. The summed E-state index contributed by atoms with van der Waals surface area (Å²) in [6, 6.07) is 11.0. The molecular formula is C17H28N2S. The van der Waals surface area contributed by atoms with E-state index in [9.17, 15) is 0 Å². The first kappa shape index (κ1) is 15.9. The predicted octanol–water partition coefficient (Wildman–Crippen LogP) is 3.93. The Morgan fingerprint density at radius 1 is 1.15 bits per heavy atom. The predicted molar refractivity (Wildman–Crippen MR) is 89.5 cm³/mol. The maximum atomic E-state index is 3.42. The van der Waals surface area contributed by atoms with Gasteiger partial charge >= 0.3 is 0 Å². The molecule has 1 N–H and O–H groups in total. The Kier molecular flexibility index (Phi) is 5.94.